The number of nitrogens with zero attached hydrogens (tertiary/aromatic N) is 1. The van der Waals surface area contributed by atoms with E-state index >= 15 is 0 Å². The number of amides is 1. The van der Waals surface area contributed by atoms with Gasteiger partial charge in [-0.25, -0.2) is 17.5 Å². The van der Waals surface area contributed by atoms with E-state index in [1.165, 1.54) is 4.31 Å². The molecule has 0 bridgehead atoms. The van der Waals surface area contributed by atoms with E-state index in [0.717, 1.165) is 19.3 Å². The SMILES string of the molecule is CCS(=O)(=O)N1CCC(C(=O)NC2(C(=O)O)CCCCC2)CC1. The number of piperidine rings is 1. The highest BCUT2D eigenvalue weighted by atomic mass is 32.2. The third kappa shape index (κ3) is 4.03. The zero-order valence-corrected chi connectivity index (χ0v) is 14.4. The summed E-state index contributed by atoms with van der Waals surface area (Å²) < 4.78 is 25.1. The lowest BCUT2D eigenvalue weighted by Gasteiger charge is -2.36. The summed E-state index contributed by atoms with van der Waals surface area (Å²) in [6.07, 6.45) is 4.44. The van der Waals surface area contributed by atoms with Gasteiger partial charge < -0.3 is 10.4 Å². The van der Waals surface area contributed by atoms with E-state index in [1.54, 1.807) is 6.92 Å². The van der Waals surface area contributed by atoms with Crippen LogP contribution in [0.5, 0.6) is 0 Å². The normalized spacial score (nSPS) is 23.3. The molecule has 0 atom stereocenters. The van der Waals surface area contributed by atoms with Crippen LogP contribution in [-0.4, -0.2) is 54.1 Å². The van der Waals surface area contributed by atoms with Crippen LogP contribution in [0.15, 0.2) is 0 Å². The van der Waals surface area contributed by atoms with Gasteiger partial charge in [-0.3, -0.25) is 4.79 Å². The van der Waals surface area contributed by atoms with Crippen LogP contribution in [0.25, 0.3) is 0 Å². The molecule has 0 aromatic heterocycles. The molecule has 2 aliphatic rings. The second-order valence-corrected chi connectivity index (χ2v) is 8.77. The van der Waals surface area contributed by atoms with Crippen LogP contribution in [0.1, 0.15) is 51.9 Å². The molecule has 0 aromatic carbocycles. The Balaban J connectivity index is 1.95. The van der Waals surface area contributed by atoms with Gasteiger partial charge >= 0.3 is 5.97 Å². The number of carbonyl (C=O) groups is 2. The van der Waals surface area contributed by atoms with Gasteiger partial charge in [0.1, 0.15) is 5.54 Å². The van der Waals surface area contributed by atoms with Crippen molar-refractivity contribution in [3.8, 4) is 0 Å². The third-order valence-corrected chi connectivity index (χ3v) is 6.94. The number of aliphatic carboxylic acids is 1. The summed E-state index contributed by atoms with van der Waals surface area (Å²) in [7, 11) is -3.22. The van der Waals surface area contributed by atoms with Crippen molar-refractivity contribution in [3.05, 3.63) is 0 Å². The van der Waals surface area contributed by atoms with Crippen LogP contribution < -0.4 is 5.32 Å². The Morgan fingerprint density at radius 1 is 1.17 bits per heavy atom. The van der Waals surface area contributed by atoms with Gasteiger partial charge in [0.25, 0.3) is 0 Å². The van der Waals surface area contributed by atoms with E-state index in [-0.39, 0.29) is 17.6 Å². The Labute approximate surface area is 137 Å². The van der Waals surface area contributed by atoms with E-state index in [1.807, 2.05) is 0 Å². The molecule has 0 spiro atoms. The first-order valence-electron chi connectivity index (χ1n) is 8.34. The zero-order chi connectivity index (χ0) is 17.1. The van der Waals surface area contributed by atoms with Crippen molar-refractivity contribution in [2.24, 2.45) is 5.92 Å². The molecule has 1 heterocycles. The summed E-state index contributed by atoms with van der Waals surface area (Å²) in [5.41, 5.74) is -1.14. The summed E-state index contributed by atoms with van der Waals surface area (Å²) in [4.78, 5) is 24.1. The van der Waals surface area contributed by atoms with Crippen LogP contribution in [0.4, 0.5) is 0 Å². The van der Waals surface area contributed by atoms with E-state index in [4.69, 9.17) is 0 Å². The molecule has 7 nitrogen and oxygen atoms in total. The predicted molar refractivity (Wildman–Crippen MR) is 85.4 cm³/mol. The second-order valence-electron chi connectivity index (χ2n) is 6.51. The number of hydrogen-bond acceptors (Lipinski definition) is 4. The van der Waals surface area contributed by atoms with E-state index < -0.39 is 21.5 Å². The Bertz CT molecular complexity index is 546. The van der Waals surface area contributed by atoms with Gasteiger partial charge in [-0.2, -0.15) is 0 Å². The molecule has 1 amide bonds. The molecule has 1 aliphatic heterocycles. The van der Waals surface area contributed by atoms with Gasteiger partial charge in [0, 0.05) is 19.0 Å². The Hall–Kier alpha value is -1.15. The molecular formula is C15H26N2O5S. The first-order valence-corrected chi connectivity index (χ1v) is 9.95. The van der Waals surface area contributed by atoms with Crippen molar-refractivity contribution in [2.75, 3.05) is 18.8 Å². The standard InChI is InChI=1S/C15H26N2O5S/c1-2-23(21,22)17-10-6-12(7-11-17)13(18)16-15(14(19)20)8-4-3-5-9-15/h12H,2-11H2,1H3,(H,16,18)(H,19,20). The quantitative estimate of drug-likeness (QED) is 0.771. The molecule has 132 valence electrons. The molecule has 23 heavy (non-hydrogen) atoms. The minimum atomic E-state index is -3.22. The first kappa shape index (κ1) is 18.2. The molecule has 8 heteroatoms. The van der Waals surface area contributed by atoms with E-state index in [9.17, 15) is 23.1 Å². The lowest BCUT2D eigenvalue weighted by Crippen LogP contribution is -2.57. The highest BCUT2D eigenvalue weighted by Gasteiger charge is 2.42. The molecule has 0 aromatic rings. The van der Waals surface area contributed by atoms with Gasteiger partial charge in [-0.1, -0.05) is 19.3 Å². The molecule has 2 rings (SSSR count). The molecule has 1 saturated carbocycles. The summed E-state index contributed by atoms with van der Waals surface area (Å²) in [6, 6.07) is 0. The highest BCUT2D eigenvalue weighted by Crippen LogP contribution is 2.30. The minimum Gasteiger partial charge on any atom is -0.480 e. The number of carboxylic acid groups (broad SMARTS) is 1. The zero-order valence-electron chi connectivity index (χ0n) is 13.6. The first-order chi connectivity index (χ1) is 10.8. The van der Waals surface area contributed by atoms with Gasteiger partial charge in [0.15, 0.2) is 0 Å². The predicted octanol–water partition coefficient (Wildman–Crippen LogP) is 0.952. The number of carboxylic acids is 1. The summed E-state index contributed by atoms with van der Waals surface area (Å²) in [5, 5.41) is 12.3. The summed E-state index contributed by atoms with van der Waals surface area (Å²) in [6.45, 7) is 2.26. The van der Waals surface area contributed by atoms with E-state index in [2.05, 4.69) is 5.32 Å². The van der Waals surface area contributed by atoms with Crippen molar-refractivity contribution in [2.45, 2.75) is 57.4 Å². The fraction of sp³-hybridized carbons (Fsp3) is 0.867. The third-order valence-electron chi connectivity index (χ3n) is 5.06. The topological polar surface area (TPSA) is 104 Å². The van der Waals surface area contributed by atoms with Crippen LogP contribution in [0.2, 0.25) is 0 Å². The van der Waals surface area contributed by atoms with Crippen LogP contribution in [0, 0.1) is 5.92 Å². The second kappa shape index (κ2) is 7.17. The lowest BCUT2D eigenvalue weighted by atomic mass is 9.81. The van der Waals surface area contributed by atoms with Gasteiger partial charge in [-0.05, 0) is 32.6 Å². The van der Waals surface area contributed by atoms with Crippen molar-refractivity contribution in [3.63, 3.8) is 0 Å². The Morgan fingerprint density at radius 2 is 1.74 bits per heavy atom. The highest BCUT2D eigenvalue weighted by molar-refractivity contribution is 7.89. The number of nitrogens with one attached hydrogen (secondary N) is 1. The largest absolute Gasteiger partial charge is 0.480 e. The van der Waals surface area contributed by atoms with Crippen LogP contribution in [0.3, 0.4) is 0 Å². The van der Waals surface area contributed by atoms with Gasteiger partial charge in [0.2, 0.25) is 15.9 Å². The lowest BCUT2D eigenvalue weighted by molar-refractivity contribution is -0.150. The van der Waals surface area contributed by atoms with E-state index in [0.29, 0.717) is 38.8 Å². The molecule has 1 saturated heterocycles. The molecule has 2 fully saturated rings. The number of sulfonamides is 1. The molecule has 0 radical (unpaired) electrons. The maximum Gasteiger partial charge on any atom is 0.329 e. The molecule has 1 aliphatic carbocycles. The number of hydrogen-bond donors (Lipinski definition) is 2. The fourth-order valence-corrected chi connectivity index (χ4v) is 4.60. The van der Waals surface area contributed by atoms with Gasteiger partial charge in [0.05, 0.1) is 5.75 Å². The van der Waals surface area contributed by atoms with Gasteiger partial charge in [-0.15, -0.1) is 0 Å². The molecule has 0 unspecified atom stereocenters. The number of rotatable bonds is 5. The Kier molecular flexibility index (Phi) is 5.67. The Morgan fingerprint density at radius 3 is 2.22 bits per heavy atom. The number of carbonyl (C=O) groups excluding carboxylic acids is 1. The molecular weight excluding hydrogens is 320 g/mol. The summed E-state index contributed by atoms with van der Waals surface area (Å²) >= 11 is 0. The fourth-order valence-electron chi connectivity index (χ4n) is 3.46. The van der Waals surface area contributed by atoms with Crippen LogP contribution in [-0.2, 0) is 19.6 Å². The summed E-state index contributed by atoms with van der Waals surface area (Å²) in [5.74, 6) is -1.46. The monoisotopic (exact) mass is 346 g/mol. The van der Waals surface area contributed by atoms with Crippen molar-refractivity contribution in [1.82, 2.24) is 9.62 Å². The van der Waals surface area contributed by atoms with Crippen LogP contribution >= 0.6 is 0 Å². The smallest absolute Gasteiger partial charge is 0.329 e. The average Bonchev–Trinajstić information content (AvgIpc) is 2.55. The van der Waals surface area contributed by atoms with Crippen molar-refractivity contribution in [1.29, 1.82) is 0 Å². The van der Waals surface area contributed by atoms with Crippen molar-refractivity contribution < 1.29 is 23.1 Å². The molecule has 2 N–H and O–H groups in total. The maximum atomic E-state index is 12.5. The van der Waals surface area contributed by atoms with Crippen molar-refractivity contribution >= 4 is 21.9 Å². The maximum absolute atomic E-state index is 12.5. The minimum absolute atomic E-state index is 0.0615. The average molecular weight is 346 g/mol.